The van der Waals surface area contributed by atoms with Crippen molar-refractivity contribution < 1.29 is 19.1 Å². The Kier molecular flexibility index (Phi) is 6.53. The molecule has 0 aliphatic heterocycles. The van der Waals surface area contributed by atoms with Crippen molar-refractivity contribution in [1.29, 1.82) is 0 Å². The second-order valence-electron chi connectivity index (χ2n) is 6.23. The van der Waals surface area contributed by atoms with E-state index in [0.717, 1.165) is 0 Å². The van der Waals surface area contributed by atoms with Crippen molar-refractivity contribution in [2.45, 2.75) is 13.5 Å². The van der Waals surface area contributed by atoms with Crippen LogP contribution >= 0.6 is 11.6 Å². The number of carbonyl (C=O) groups excluding carboxylic acids is 2. The summed E-state index contributed by atoms with van der Waals surface area (Å²) in [7, 11) is 3.03. The number of benzene rings is 2. The highest BCUT2D eigenvalue weighted by atomic mass is 35.5. The predicted molar refractivity (Wildman–Crippen MR) is 112 cm³/mol. The molecule has 0 bridgehead atoms. The fourth-order valence-corrected chi connectivity index (χ4v) is 2.88. The van der Waals surface area contributed by atoms with Gasteiger partial charge in [-0.3, -0.25) is 9.59 Å². The van der Waals surface area contributed by atoms with Crippen LogP contribution in [0.15, 0.2) is 42.5 Å². The van der Waals surface area contributed by atoms with E-state index in [1.807, 2.05) is 0 Å². The van der Waals surface area contributed by atoms with E-state index in [0.29, 0.717) is 33.6 Å². The Morgan fingerprint density at radius 3 is 2.53 bits per heavy atom. The van der Waals surface area contributed by atoms with Gasteiger partial charge in [0.15, 0.2) is 5.69 Å². The van der Waals surface area contributed by atoms with Crippen molar-refractivity contribution in [2.75, 3.05) is 24.9 Å². The van der Waals surface area contributed by atoms with Crippen LogP contribution in [0, 0.1) is 6.92 Å². The van der Waals surface area contributed by atoms with Gasteiger partial charge in [-0.2, -0.15) is 0 Å². The summed E-state index contributed by atoms with van der Waals surface area (Å²) in [5.74, 6) is 0.218. The molecule has 0 saturated carbocycles. The number of hydrogen-bond acceptors (Lipinski definition) is 6. The minimum absolute atomic E-state index is 0.0988. The third-order valence-electron chi connectivity index (χ3n) is 4.29. The van der Waals surface area contributed by atoms with Gasteiger partial charge in [-0.15, -0.1) is 5.10 Å². The molecule has 0 atom stereocenters. The van der Waals surface area contributed by atoms with Crippen molar-refractivity contribution in [1.82, 2.24) is 15.0 Å². The van der Waals surface area contributed by atoms with E-state index in [-0.39, 0.29) is 18.1 Å². The largest absolute Gasteiger partial charge is 0.497 e. The maximum Gasteiger partial charge on any atom is 0.278 e. The first-order valence-electron chi connectivity index (χ1n) is 8.90. The normalized spacial score (nSPS) is 10.4. The van der Waals surface area contributed by atoms with Gasteiger partial charge in [-0.25, -0.2) is 4.68 Å². The molecule has 1 aromatic heterocycles. The monoisotopic (exact) mass is 429 g/mol. The zero-order valence-electron chi connectivity index (χ0n) is 16.6. The number of methoxy groups -OCH3 is 2. The lowest BCUT2D eigenvalue weighted by Gasteiger charge is -2.12. The summed E-state index contributed by atoms with van der Waals surface area (Å²) in [6.45, 7) is 1.51. The predicted octanol–water partition coefficient (Wildman–Crippen LogP) is 3.15. The molecule has 0 radical (unpaired) electrons. The number of halogens is 1. The smallest absolute Gasteiger partial charge is 0.278 e. The van der Waals surface area contributed by atoms with Crippen LogP contribution in [0.2, 0.25) is 5.02 Å². The molecule has 9 nitrogen and oxygen atoms in total. The highest BCUT2D eigenvalue weighted by Crippen LogP contribution is 2.29. The van der Waals surface area contributed by atoms with Crippen LogP contribution in [0.4, 0.5) is 11.4 Å². The summed E-state index contributed by atoms with van der Waals surface area (Å²) in [6.07, 6.45) is 0. The minimum Gasteiger partial charge on any atom is -0.497 e. The average Bonchev–Trinajstić information content (AvgIpc) is 3.09. The number of ether oxygens (including phenoxy) is 2. The molecule has 2 amide bonds. The molecular formula is C20H20ClN5O4. The van der Waals surface area contributed by atoms with Crippen LogP contribution in [0.25, 0.3) is 0 Å². The van der Waals surface area contributed by atoms with Gasteiger partial charge in [0.2, 0.25) is 5.91 Å². The van der Waals surface area contributed by atoms with Gasteiger partial charge < -0.3 is 20.1 Å². The van der Waals surface area contributed by atoms with Crippen LogP contribution < -0.4 is 20.1 Å². The molecule has 30 heavy (non-hydrogen) atoms. The maximum absolute atomic E-state index is 12.5. The van der Waals surface area contributed by atoms with Gasteiger partial charge in [0.25, 0.3) is 5.91 Å². The van der Waals surface area contributed by atoms with E-state index in [2.05, 4.69) is 20.9 Å². The molecule has 10 heteroatoms. The molecule has 0 saturated heterocycles. The van der Waals surface area contributed by atoms with Crippen molar-refractivity contribution in [3.05, 3.63) is 58.9 Å². The number of rotatable bonds is 7. The van der Waals surface area contributed by atoms with Gasteiger partial charge in [0.1, 0.15) is 18.0 Å². The zero-order chi connectivity index (χ0) is 21.7. The molecule has 3 aromatic rings. The number of aromatic nitrogens is 3. The van der Waals surface area contributed by atoms with E-state index < -0.39 is 5.91 Å². The highest BCUT2D eigenvalue weighted by molar-refractivity contribution is 6.33. The van der Waals surface area contributed by atoms with Gasteiger partial charge >= 0.3 is 0 Å². The maximum atomic E-state index is 12.5. The first kappa shape index (κ1) is 21.1. The van der Waals surface area contributed by atoms with E-state index in [1.165, 1.54) is 18.9 Å². The lowest BCUT2D eigenvalue weighted by molar-refractivity contribution is -0.117. The fourth-order valence-electron chi connectivity index (χ4n) is 2.70. The van der Waals surface area contributed by atoms with Crippen molar-refractivity contribution in [3.8, 4) is 11.5 Å². The molecule has 156 valence electrons. The summed E-state index contributed by atoms with van der Waals surface area (Å²) >= 11 is 6.06. The van der Waals surface area contributed by atoms with Crippen LogP contribution in [0.1, 0.15) is 16.2 Å². The Bertz CT molecular complexity index is 1080. The summed E-state index contributed by atoms with van der Waals surface area (Å²) in [5.41, 5.74) is 1.45. The second-order valence-corrected chi connectivity index (χ2v) is 6.64. The Morgan fingerprint density at radius 2 is 1.83 bits per heavy atom. The Morgan fingerprint density at radius 1 is 1.07 bits per heavy atom. The van der Waals surface area contributed by atoms with E-state index in [9.17, 15) is 9.59 Å². The number of amides is 2. The van der Waals surface area contributed by atoms with E-state index in [1.54, 1.807) is 49.4 Å². The first-order valence-corrected chi connectivity index (χ1v) is 9.28. The number of anilines is 2. The molecule has 2 N–H and O–H groups in total. The highest BCUT2D eigenvalue weighted by Gasteiger charge is 2.19. The van der Waals surface area contributed by atoms with Crippen molar-refractivity contribution in [2.24, 2.45) is 0 Å². The minimum atomic E-state index is -0.471. The SMILES string of the molecule is COc1ccc(OC)c(NC(=O)Cn2nnc(C(=O)Nc3ccccc3Cl)c2C)c1. The molecule has 2 aromatic carbocycles. The number of carbonyl (C=O) groups is 2. The molecule has 0 spiro atoms. The van der Waals surface area contributed by atoms with Crippen LogP contribution in [-0.2, 0) is 11.3 Å². The Balaban J connectivity index is 1.71. The van der Waals surface area contributed by atoms with Crippen molar-refractivity contribution in [3.63, 3.8) is 0 Å². The van der Waals surface area contributed by atoms with E-state index in [4.69, 9.17) is 21.1 Å². The standard InChI is InChI=1S/C20H20ClN5O4/c1-12-19(20(28)23-15-7-5-4-6-14(15)21)24-25-26(12)11-18(27)22-16-10-13(29-2)8-9-17(16)30-3/h4-10H,11H2,1-3H3,(H,22,27)(H,23,28). The third kappa shape index (κ3) is 4.69. The number of nitrogens with zero attached hydrogens (tertiary/aromatic N) is 3. The molecule has 3 rings (SSSR count). The van der Waals surface area contributed by atoms with E-state index >= 15 is 0 Å². The average molecular weight is 430 g/mol. The fraction of sp³-hybridized carbons (Fsp3) is 0.200. The van der Waals surface area contributed by atoms with Crippen LogP contribution in [0.3, 0.4) is 0 Å². The molecule has 0 aliphatic rings. The quantitative estimate of drug-likeness (QED) is 0.597. The molecule has 0 aliphatic carbocycles. The molecule has 0 fully saturated rings. The zero-order valence-corrected chi connectivity index (χ0v) is 17.4. The number of para-hydroxylation sites is 1. The lowest BCUT2D eigenvalue weighted by Crippen LogP contribution is -2.21. The van der Waals surface area contributed by atoms with Gasteiger partial charge in [-0.1, -0.05) is 28.9 Å². The first-order chi connectivity index (χ1) is 14.4. The summed E-state index contributed by atoms with van der Waals surface area (Å²) in [6, 6.07) is 11.9. The van der Waals surface area contributed by atoms with Crippen LogP contribution in [-0.4, -0.2) is 41.0 Å². The van der Waals surface area contributed by atoms with Gasteiger partial charge in [0, 0.05) is 6.07 Å². The van der Waals surface area contributed by atoms with Gasteiger partial charge in [0.05, 0.1) is 36.3 Å². The van der Waals surface area contributed by atoms with Crippen LogP contribution in [0.5, 0.6) is 11.5 Å². The molecular weight excluding hydrogens is 410 g/mol. The molecule has 0 unspecified atom stereocenters. The Labute approximate surface area is 177 Å². The summed E-state index contributed by atoms with van der Waals surface area (Å²) in [5, 5.41) is 13.6. The lowest BCUT2D eigenvalue weighted by atomic mass is 10.2. The number of nitrogens with one attached hydrogen (secondary N) is 2. The summed E-state index contributed by atoms with van der Waals surface area (Å²) < 4.78 is 11.8. The molecule has 1 heterocycles. The second kappa shape index (κ2) is 9.27. The summed E-state index contributed by atoms with van der Waals surface area (Å²) in [4.78, 5) is 25.0. The Hall–Kier alpha value is -3.59. The topological polar surface area (TPSA) is 107 Å². The van der Waals surface area contributed by atoms with Gasteiger partial charge in [-0.05, 0) is 31.2 Å². The number of hydrogen-bond donors (Lipinski definition) is 2. The third-order valence-corrected chi connectivity index (χ3v) is 4.62. The van der Waals surface area contributed by atoms with Crippen molar-refractivity contribution >= 4 is 34.8 Å².